The lowest BCUT2D eigenvalue weighted by Gasteiger charge is -2.46. The predicted molar refractivity (Wildman–Crippen MR) is 79.9 cm³/mol. The second kappa shape index (κ2) is 6.87. The predicted octanol–water partition coefficient (Wildman–Crippen LogP) is 0.857. The van der Waals surface area contributed by atoms with E-state index < -0.39 is 11.5 Å². The van der Waals surface area contributed by atoms with Gasteiger partial charge in [0.2, 0.25) is 0 Å². The van der Waals surface area contributed by atoms with E-state index in [0.29, 0.717) is 5.92 Å². The Bertz CT molecular complexity index is 317. The standard InChI is InChI=1S/C15H29N3O2/c1-13(2)12-17-9-4-15(5-10-17,14(19)20)18-8-3-6-16-7-11-18/h13,16H,3-12H2,1-2H3,(H,19,20). The molecule has 0 unspecified atom stereocenters. The van der Waals surface area contributed by atoms with Crippen LogP contribution in [0.1, 0.15) is 33.1 Å². The number of rotatable bonds is 4. The van der Waals surface area contributed by atoms with Crippen molar-refractivity contribution in [1.29, 1.82) is 0 Å². The van der Waals surface area contributed by atoms with Crippen molar-refractivity contribution < 1.29 is 9.90 Å². The number of carboxylic acid groups (broad SMARTS) is 1. The Balaban J connectivity index is 2.02. The number of nitrogens with zero attached hydrogens (tertiary/aromatic N) is 2. The fraction of sp³-hybridized carbons (Fsp3) is 0.933. The summed E-state index contributed by atoms with van der Waals surface area (Å²) in [4.78, 5) is 16.6. The maximum Gasteiger partial charge on any atom is 0.324 e. The zero-order valence-electron chi connectivity index (χ0n) is 12.9. The molecular formula is C15H29N3O2. The Morgan fingerprint density at radius 2 is 1.90 bits per heavy atom. The van der Waals surface area contributed by atoms with E-state index in [-0.39, 0.29) is 0 Å². The minimum Gasteiger partial charge on any atom is -0.480 e. The van der Waals surface area contributed by atoms with E-state index >= 15 is 0 Å². The van der Waals surface area contributed by atoms with Gasteiger partial charge in [-0.3, -0.25) is 9.69 Å². The van der Waals surface area contributed by atoms with Crippen LogP contribution in [0.4, 0.5) is 0 Å². The van der Waals surface area contributed by atoms with Crippen LogP contribution in [0.2, 0.25) is 0 Å². The van der Waals surface area contributed by atoms with Crippen molar-refractivity contribution in [2.75, 3.05) is 45.8 Å². The average molecular weight is 283 g/mol. The lowest BCUT2D eigenvalue weighted by Crippen LogP contribution is -2.61. The van der Waals surface area contributed by atoms with Gasteiger partial charge in [-0.1, -0.05) is 13.8 Å². The van der Waals surface area contributed by atoms with E-state index in [0.717, 1.165) is 65.1 Å². The third kappa shape index (κ3) is 3.51. The summed E-state index contributed by atoms with van der Waals surface area (Å²) in [6, 6.07) is 0. The first-order chi connectivity index (χ1) is 9.54. The molecule has 0 amide bonds. The van der Waals surface area contributed by atoms with Crippen molar-refractivity contribution >= 4 is 5.97 Å². The van der Waals surface area contributed by atoms with Gasteiger partial charge in [-0.05, 0) is 31.7 Å². The molecule has 5 heteroatoms. The Morgan fingerprint density at radius 1 is 1.20 bits per heavy atom. The van der Waals surface area contributed by atoms with Crippen molar-refractivity contribution in [2.24, 2.45) is 5.92 Å². The van der Waals surface area contributed by atoms with E-state index in [1.54, 1.807) is 0 Å². The normalized spacial score (nSPS) is 25.6. The number of carboxylic acids is 1. The fourth-order valence-corrected chi connectivity index (χ4v) is 3.56. The molecular weight excluding hydrogens is 254 g/mol. The van der Waals surface area contributed by atoms with Crippen LogP contribution in [0.15, 0.2) is 0 Å². The molecule has 2 N–H and O–H groups in total. The molecule has 0 saturated carbocycles. The smallest absolute Gasteiger partial charge is 0.324 e. The van der Waals surface area contributed by atoms with Crippen LogP contribution in [0, 0.1) is 5.92 Å². The Labute approximate surface area is 122 Å². The molecule has 20 heavy (non-hydrogen) atoms. The second-order valence-electron chi connectivity index (χ2n) is 6.62. The summed E-state index contributed by atoms with van der Waals surface area (Å²) in [5.74, 6) is 0.0262. The summed E-state index contributed by atoms with van der Waals surface area (Å²) in [5, 5.41) is 13.2. The molecule has 2 aliphatic heterocycles. The first-order valence-corrected chi connectivity index (χ1v) is 7.96. The number of nitrogens with one attached hydrogen (secondary N) is 1. The van der Waals surface area contributed by atoms with Gasteiger partial charge in [0.25, 0.3) is 0 Å². The molecule has 0 radical (unpaired) electrons. The highest BCUT2D eigenvalue weighted by Gasteiger charge is 2.46. The maximum atomic E-state index is 11.9. The minimum absolute atomic E-state index is 0.622. The van der Waals surface area contributed by atoms with Gasteiger partial charge >= 0.3 is 5.97 Å². The molecule has 2 saturated heterocycles. The first-order valence-electron chi connectivity index (χ1n) is 7.96. The van der Waals surface area contributed by atoms with Crippen LogP contribution >= 0.6 is 0 Å². The zero-order valence-corrected chi connectivity index (χ0v) is 12.9. The first kappa shape index (κ1) is 15.7. The van der Waals surface area contributed by atoms with Crippen LogP contribution < -0.4 is 5.32 Å². The highest BCUT2D eigenvalue weighted by molar-refractivity contribution is 5.79. The van der Waals surface area contributed by atoms with Gasteiger partial charge in [-0.15, -0.1) is 0 Å². The van der Waals surface area contributed by atoms with Gasteiger partial charge in [-0.25, -0.2) is 0 Å². The number of hydrogen-bond donors (Lipinski definition) is 2. The average Bonchev–Trinajstić information content (AvgIpc) is 2.68. The lowest BCUT2D eigenvalue weighted by molar-refractivity contribution is -0.155. The van der Waals surface area contributed by atoms with Crippen LogP contribution in [0.5, 0.6) is 0 Å². The van der Waals surface area contributed by atoms with Crippen LogP contribution in [0.25, 0.3) is 0 Å². The molecule has 2 heterocycles. The molecule has 0 aliphatic carbocycles. The van der Waals surface area contributed by atoms with E-state index in [2.05, 4.69) is 29.0 Å². The number of aliphatic carboxylic acids is 1. The number of piperidine rings is 1. The molecule has 2 fully saturated rings. The molecule has 5 nitrogen and oxygen atoms in total. The fourth-order valence-electron chi connectivity index (χ4n) is 3.56. The Morgan fingerprint density at radius 3 is 2.50 bits per heavy atom. The molecule has 0 atom stereocenters. The highest BCUT2D eigenvalue weighted by Crippen LogP contribution is 2.30. The van der Waals surface area contributed by atoms with E-state index in [4.69, 9.17) is 0 Å². The number of likely N-dealkylation sites (tertiary alicyclic amines) is 1. The summed E-state index contributed by atoms with van der Waals surface area (Å²) in [7, 11) is 0. The maximum absolute atomic E-state index is 11.9. The Kier molecular flexibility index (Phi) is 5.41. The van der Waals surface area contributed by atoms with Crippen molar-refractivity contribution in [3.63, 3.8) is 0 Å². The summed E-state index contributed by atoms with van der Waals surface area (Å²) >= 11 is 0. The van der Waals surface area contributed by atoms with Crippen LogP contribution in [-0.4, -0.2) is 72.2 Å². The topological polar surface area (TPSA) is 55.8 Å². The molecule has 116 valence electrons. The van der Waals surface area contributed by atoms with Crippen molar-refractivity contribution in [3.8, 4) is 0 Å². The summed E-state index contributed by atoms with van der Waals surface area (Å²) in [6.45, 7) is 11.0. The van der Waals surface area contributed by atoms with Crippen LogP contribution in [0.3, 0.4) is 0 Å². The van der Waals surface area contributed by atoms with Crippen LogP contribution in [-0.2, 0) is 4.79 Å². The SMILES string of the molecule is CC(C)CN1CCC(C(=O)O)(N2CCCNCC2)CC1. The quantitative estimate of drug-likeness (QED) is 0.801. The third-order valence-corrected chi connectivity index (χ3v) is 4.65. The molecule has 2 rings (SSSR count). The molecule has 0 bridgehead atoms. The van der Waals surface area contributed by atoms with Crippen molar-refractivity contribution in [1.82, 2.24) is 15.1 Å². The summed E-state index contributed by atoms with van der Waals surface area (Å²) < 4.78 is 0. The van der Waals surface area contributed by atoms with Gasteiger partial charge < -0.3 is 15.3 Å². The van der Waals surface area contributed by atoms with E-state index in [9.17, 15) is 9.90 Å². The highest BCUT2D eigenvalue weighted by atomic mass is 16.4. The van der Waals surface area contributed by atoms with Gasteiger partial charge in [-0.2, -0.15) is 0 Å². The van der Waals surface area contributed by atoms with Gasteiger partial charge in [0.05, 0.1) is 0 Å². The molecule has 0 aromatic rings. The minimum atomic E-state index is -0.625. The Hall–Kier alpha value is -0.650. The van der Waals surface area contributed by atoms with Crippen molar-refractivity contribution in [3.05, 3.63) is 0 Å². The van der Waals surface area contributed by atoms with Gasteiger partial charge in [0.15, 0.2) is 0 Å². The largest absolute Gasteiger partial charge is 0.480 e. The number of carbonyl (C=O) groups is 1. The molecule has 0 aromatic carbocycles. The van der Waals surface area contributed by atoms with Crippen molar-refractivity contribution in [2.45, 2.75) is 38.6 Å². The third-order valence-electron chi connectivity index (χ3n) is 4.65. The molecule has 0 aromatic heterocycles. The van der Waals surface area contributed by atoms with E-state index in [1.807, 2.05) is 0 Å². The van der Waals surface area contributed by atoms with Gasteiger partial charge in [0.1, 0.15) is 5.54 Å². The van der Waals surface area contributed by atoms with Gasteiger partial charge in [0, 0.05) is 39.3 Å². The molecule has 0 spiro atoms. The lowest BCUT2D eigenvalue weighted by atomic mass is 9.85. The summed E-state index contributed by atoms with van der Waals surface area (Å²) in [5.41, 5.74) is -0.625. The second-order valence-corrected chi connectivity index (χ2v) is 6.62. The summed E-state index contributed by atoms with van der Waals surface area (Å²) in [6.07, 6.45) is 2.56. The van der Waals surface area contributed by atoms with E-state index in [1.165, 1.54) is 0 Å². The zero-order chi connectivity index (χ0) is 14.6. The number of hydrogen-bond acceptors (Lipinski definition) is 4. The monoisotopic (exact) mass is 283 g/mol. The molecule has 2 aliphatic rings.